The standard InChI is InChI=1S/C15H19NOS/c1-2-17-14-6-4-13(5-7-14)15(16)8-3-12-9-10-18-11-12/h4-7,9-11,15H,2-3,8,16H2,1H3. The predicted octanol–water partition coefficient (Wildman–Crippen LogP) is 3.78. The lowest BCUT2D eigenvalue weighted by molar-refractivity contribution is 0.340. The molecule has 2 aromatic rings. The summed E-state index contributed by atoms with van der Waals surface area (Å²) in [6, 6.07) is 10.4. The SMILES string of the molecule is CCOc1ccc(C(N)CCc2ccsc2)cc1. The largest absolute Gasteiger partial charge is 0.494 e. The number of benzene rings is 1. The van der Waals surface area contributed by atoms with E-state index in [9.17, 15) is 0 Å². The first kappa shape index (κ1) is 13.1. The number of nitrogens with two attached hydrogens (primary N) is 1. The molecule has 2 rings (SSSR count). The summed E-state index contributed by atoms with van der Waals surface area (Å²) in [6.45, 7) is 2.68. The van der Waals surface area contributed by atoms with Gasteiger partial charge in [0.1, 0.15) is 5.75 Å². The molecule has 96 valence electrons. The van der Waals surface area contributed by atoms with Crippen LogP contribution in [-0.4, -0.2) is 6.61 Å². The van der Waals surface area contributed by atoms with Crippen LogP contribution in [0.3, 0.4) is 0 Å². The van der Waals surface area contributed by atoms with E-state index in [1.165, 1.54) is 11.1 Å². The fourth-order valence-corrected chi connectivity index (χ4v) is 2.60. The number of hydrogen-bond donors (Lipinski definition) is 1. The average molecular weight is 261 g/mol. The van der Waals surface area contributed by atoms with Crippen LogP contribution >= 0.6 is 11.3 Å². The van der Waals surface area contributed by atoms with E-state index in [1.807, 2.05) is 19.1 Å². The van der Waals surface area contributed by atoms with Crippen molar-refractivity contribution >= 4 is 11.3 Å². The van der Waals surface area contributed by atoms with Crippen LogP contribution in [0, 0.1) is 0 Å². The minimum Gasteiger partial charge on any atom is -0.494 e. The molecule has 1 atom stereocenters. The molecule has 0 amide bonds. The Morgan fingerprint density at radius 3 is 2.61 bits per heavy atom. The highest BCUT2D eigenvalue weighted by Crippen LogP contribution is 2.20. The van der Waals surface area contributed by atoms with Gasteiger partial charge in [-0.2, -0.15) is 11.3 Å². The second kappa shape index (κ2) is 6.57. The number of rotatable bonds is 6. The number of aryl methyl sites for hydroxylation is 1. The van der Waals surface area contributed by atoms with Gasteiger partial charge in [0.2, 0.25) is 0 Å². The van der Waals surface area contributed by atoms with Crippen molar-refractivity contribution in [1.82, 2.24) is 0 Å². The molecule has 0 radical (unpaired) electrons. The first-order valence-electron chi connectivity index (χ1n) is 6.29. The van der Waals surface area contributed by atoms with Crippen LogP contribution in [0.15, 0.2) is 41.1 Å². The molecular formula is C15H19NOS. The molecule has 0 saturated heterocycles. The van der Waals surface area contributed by atoms with E-state index >= 15 is 0 Å². The summed E-state index contributed by atoms with van der Waals surface area (Å²) in [4.78, 5) is 0. The summed E-state index contributed by atoms with van der Waals surface area (Å²) in [5, 5.41) is 4.29. The van der Waals surface area contributed by atoms with E-state index in [0.29, 0.717) is 6.61 Å². The molecule has 0 spiro atoms. The van der Waals surface area contributed by atoms with Crippen molar-refractivity contribution in [3.05, 3.63) is 52.2 Å². The molecule has 0 aliphatic rings. The van der Waals surface area contributed by atoms with Crippen molar-refractivity contribution in [1.29, 1.82) is 0 Å². The Morgan fingerprint density at radius 1 is 1.22 bits per heavy atom. The van der Waals surface area contributed by atoms with Gasteiger partial charge in [0, 0.05) is 6.04 Å². The highest BCUT2D eigenvalue weighted by atomic mass is 32.1. The van der Waals surface area contributed by atoms with E-state index in [4.69, 9.17) is 10.5 Å². The molecule has 0 bridgehead atoms. The van der Waals surface area contributed by atoms with E-state index in [1.54, 1.807) is 11.3 Å². The summed E-state index contributed by atoms with van der Waals surface area (Å²) in [5.74, 6) is 0.909. The maximum absolute atomic E-state index is 6.20. The fraction of sp³-hybridized carbons (Fsp3) is 0.333. The molecule has 1 aromatic carbocycles. The third kappa shape index (κ3) is 3.59. The van der Waals surface area contributed by atoms with Gasteiger partial charge in [-0.1, -0.05) is 12.1 Å². The van der Waals surface area contributed by atoms with Crippen LogP contribution in [0.4, 0.5) is 0 Å². The minimum absolute atomic E-state index is 0.0978. The highest BCUT2D eigenvalue weighted by Gasteiger charge is 2.06. The molecule has 3 heteroatoms. The van der Waals surface area contributed by atoms with Crippen molar-refractivity contribution in [2.45, 2.75) is 25.8 Å². The number of thiophene rings is 1. The van der Waals surface area contributed by atoms with E-state index in [0.717, 1.165) is 18.6 Å². The topological polar surface area (TPSA) is 35.2 Å². The third-order valence-electron chi connectivity index (χ3n) is 2.94. The summed E-state index contributed by atoms with van der Waals surface area (Å²) in [6.07, 6.45) is 2.02. The zero-order chi connectivity index (χ0) is 12.8. The van der Waals surface area contributed by atoms with Gasteiger partial charge in [-0.3, -0.25) is 0 Å². The lowest BCUT2D eigenvalue weighted by Crippen LogP contribution is -2.11. The molecule has 1 aromatic heterocycles. The van der Waals surface area contributed by atoms with Crippen molar-refractivity contribution in [3.8, 4) is 5.75 Å². The molecule has 0 aliphatic carbocycles. The molecule has 2 nitrogen and oxygen atoms in total. The summed E-state index contributed by atoms with van der Waals surface area (Å²) in [5.41, 5.74) is 8.75. The number of ether oxygens (including phenoxy) is 1. The van der Waals surface area contributed by atoms with E-state index in [-0.39, 0.29) is 6.04 Å². The monoisotopic (exact) mass is 261 g/mol. The predicted molar refractivity (Wildman–Crippen MR) is 77.2 cm³/mol. The van der Waals surface area contributed by atoms with Crippen LogP contribution in [0.1, 0.15) is 30.5 Å². The molecule has 1 unspecified atom stereocenters. The molecule has 1 heterocycles. The Morgan fingerprint density at radius 2 is 2.00 bits per heavy atom. The molecule has 2 N–H and O–H groups in total. The van der Waals surface area contributed by atoms with Gasteiger partial charge in [-0.25, -0.2) is 0 Å². The van der Waals surface area contributed by atoms with Crippen molar-refractivity contribution < 1.29 is 4.74 Å². The Labute approximate surface area is 112 Å². The minimum atomic E-state index is 0.0978. The van der Waals surface area contributed by atoms with Gasteiger partial charge >= 0.3 is 0 Å². The van der Waals surface area contributed by atoms with Gasteiger partial charge in [0.05, 0.1) is 6.61 Å². The highest BCUT2D eigenvalue weighted by molar-refractivity contribution is 7.07. The summed E-state index contributed by atoms with van der Waals surface area (Å²) < 4.78 is 5.42. The van der Waals surface area contributed by atoms with Crippen molar-refractivity contribution in [2.75, 3.05) is 6.61 Å². The quantitative estimate of drug-likeness (QED) is 0.859. The Balaban J connectivity index is 1.89. The fourth-order valence-electron chi connectivity index (χ4n) is 1.90. The number of hydrogen-bond acceptors (Lipinski definition) is 3. The van der Waals surface area contributed by atoms with Gasteiger partial charge in [0.25, 0.3) is 0 Å². The maximum Gasteiger partial charge on any atom is 0.119 e. The van der Waals surface area contributed by atoms with Crippen LogP contribution in [0.25, 0.3) is 0 Å². The zero-order valence-corrected chi connectivity index (χ0v) is 11.5. The smallest absolute Gasteiger partial charge is 0.119 e. The average Bonchev–Trinajstić information content (AvgIpc) is 2.90. The Kier molecular flexibility index (Phi) is 4.79. The van der Waals surface area contributed by atoms with Gasteiger partial charge in [-0.05, 0) is 59.9 Å². The van der Waals surface area contributed by atoms with Crippen LogP contribution < -0.4 is 10.5 Å². The van der Waals surface area contributed by atoms with Gasteiger partial charge in [-0.15, -0.1) is 0 Å². The van der Waals surface area contributed by atoms with Crippen LogP contribution in [0.2, 0.25) is 0 Å². The Hall–Kier alpha value is -1.32. The molecule has 0 aliphatic heterocycles. The molecule has 18 heavy (non-hydrogen) atoms. The van der Waals surface area contributed by atoms with Gasteiger partial charge < -0.3 is 10.5 Å². The van der Waals surface area contributed by atoms with Crippen molar-refractivity contribution in [3.63, 3.8) is 0 Å². The molecule has 0 fully saturated rings. The molecular weight excluding hydrogens is 242 g/mol. The second-order valence-corrected chi connectivity index (χ2v) is 5.06. The third-order valence-corrected chi connectivity index (χ3v) is 3.68. The van der Waals surface area contributed by atoms with Crippen LogP contribution in [-0.2, 0) is 6.42 Å². The summed E-state index contributed by atoms with van der Waals surface area (Å²) in [7, 11) is 0. The second-order valence-electron chi connectivity index (χ2n) is 4.28. The Bertz CT molecular complexity index is 450. The zero-order valence-electron chi connectivity index (χ0n) is 10.6. The normalized spacial score (nSPS) is 12.3. The molecule has 0 saturated carbocycles. The van der Waals surface area contributed by atoms with Crippen molar-refractivity contribution in [2.24, 2.45) is 5.73 Å². The maximum atomic E-state index is 6.20. The lowest BCUT2D eigenvalue weighted by Gasteiger charge is -2.12. The lowest BCUT2D eigenvalue weighted by atomic mass is 10.0. The van der Waals surface area contributed by atoms with Gasteiger partial charge in [0.15, 0.2) is 0 Å². The van der Waals surface area contributed by atoms with E-state index < -0.39 is 0 Å². The first-order chi connectivity index (χ1) is 8.79. The van der Waals surface area contributed by atoms with Crippen LogP contribution in [0.5, 0.6) is 5.75 Å². The summed E-state index contributed by atoms with van der Waals surface area (Å²) >= 11 is 1.74. The first-order valence-corrected chi connectivity index (χ1v) is 7.23. The van der Waals surface area contributed by atoms with E-state index in [2.05, 4.69) is 29.0 Å².